The number of pyridine rings is 1. The second-order valence-corrected chi connectivity index (χ2v) is 12.2. The topological polar surface area (TPSA) is 72.9 Å². The molecule has 41 heavy (non-hydrogen) atoms. The number of nitriles is 1. The van der Waals surface area contributed by atoms with Crippen molar-refractivity contribution in [1.82, 2.24) is 19.3 Å². The molecule has 1 aliphatic heterocycles. The summed E-state index contributed by atoms with van der Waals surface area (Å²) >= 11 is 1.32. The molecule has 0 amide bonds. The summed E-state index contributed by atoms with van der Waals surface area (Å²) in [5.41, 5.74) is 5.04. The van der Waals surface area contributed by atoms with Crippen LogP contribution in [0.15, 0.2) is 49.0 Å². The highest BCUT2D eigenvalue weighted by Gasteiger charge is 2.25. The Bertz CT molecular complexity index is 1620. The Labute approximate surface area is 244 Å². The molecule has 10 heteroatoms. The van der Waals surface area contributed by atoms with Crippen LogP contribution in [0.5, 0.6) is 0 Å². The molecule has 214 valence electrons. The predicted octanol–water partition coefficient (Wildman–Crippen LogP) is 6.52. The molecule has 1 aliphatic rings. The van der Waals surface area contributed by atoms with E-state index in [-0.39, 0.29) is 11.4 Å². The fourth-order valence-electron chi connectivity index (χ4n) is 5.15. The van der Waals surface area contributed by atoms with E-state index in [4.69, 9.17) is 14.7 Å². The van der Waals surface area contributed by atoms with Gasteiger partial charge in [-0.2, -0.15) is 5.26 Å². The van der Waals surface area contributed by atoms with Crippen LogP contribution in [0, 0.1) is 24.1 Å². The molecule has 1 aromatic carbocycles. The standard InChI is InChI=1S/C31H36FN7OS/c1-8-25-29(36(7)30-35-27(26(18-33)41-30)22-9-11-23(32)12-10-22)39-19-24(17-20(2)28(39)34-25)38-15-13-37(14-16-38)21(3)40-31(4,5)6/h9-12,17,19H,3,8,13-16H2,1-2,4-7H3. The summed E-state index contributed by atoms with van der Waals surface area (Å²) in [6.07, 6.45) is 2.89. The van der Waals surface area contributed by atoms with Crippen LogP contribution in [-0.2, 0) is 11.2 Å². The Morgan fingerprint density at radius 2 is 1.85 bits per heavy atom. The van der Waals surface area contributed by atoms with Gasteiger partial charge in [-0.15, -0.1) is 0 Å². The minimum Gasteiger partial charge on any atom is -0.474 e. The van der Waals surface area contributed by atoms with Crippen molar-refractivity contribution >= 4 is 33.6 Å². The number of rotatable bonds is 7. The normalized spacial score (nSPS) is 13.9. The van der Waals surface area contributed by atoms with E-state index in [9.17, 15) is 9.65 Å². The largest absolute Gasteiger partial charge is 0.474 e. The van der Waals surface area contributed by atoms with Gasteiger partial charge in [0.15, 0.2) is 11.0 Å². The summed E-state index contributed by atoms with van der Waals surface area (Å²) < 4.78 is 21.7. The van der Waals surface area contributed by atoms with Crippen LogP contribution in [-0.4, -0.2) is 58.1 Å². The van der Waals surface area contributed by atoms with E-state index in [1.54, 1.807) is 12.1 Å². The van der Waals surface area contributed by atoms with E-state index in [1.165, 1.54) is 23.5 Å². The van der Waals surface area contributed by atoms with Crippen molar-refractivity contribution in [2.75, 3.05) is 43.0 Å². The molecule has 8 nitrogen and oxygen atoms in total. The number of imidazole rings is 1. The summed E-state index contributed by atoms with van der Waals surface area (Å²) in [5, 5.41) is 10.5. The van der Waals surface area contributed by atoms with E-state index in [1.807, 2.05) is 32.7 Å². The molecule has 1 saturated heterocycles. The molecule has 0 N–H and O–H groups in total. The summed E-state index contributed by atoms with van der Waals surface area (Å²) in [7, 11) is 1.96. The Morgan fingerprint density at radius 3 is 2.46 bits per heavy atom. The average Bonchev–Trinajstić information content (AvgIpc) is 3.54. The van der Waals surface area contributed by atoms with Crippen molar-refractivity contribution in [3.63, 3.8) is 0 Å². The fourth-order valence-corrected chi connectivity index (χ4v) is 6.00. The van der Waals surface area contributed by atoms with E-state index in [2.05, 4.69) is 53.0 Å². The molecule has 1 fully saturated rings. The first-order valence-corrected chi connectivity index (χ1v) is 14.6. The third-order valence-electron chi connectivity index (χ3n) is 7.13. The Balaban J connectivity index is 1.47. The minimum atomic E-state index is -0.325. The van der Waals surface area contributed by atoms with Crippen LogP contribution >= 0.6 is 11.3 Å². The number of fused-ring (bicyclic) bond motifs is 1. The second kappa shape index (κ2) is 11.1. The highest BCUT2D eigenvalue weighted by molar-refractivity contribution is 7.16. The van der Waals surface area contributed by atoms with Gasteiger partial charge >= 0.3 is 0 Å². The highest BCUT2D eigenvalue weighted by atomic mass is 32.1. The van der Waals surface area contributed by atoms with Gasteiger partial charge in [-0.05, 0) is 76.6 Å². The van der Waals surface area contributed by atoms with Gasteiger partial charge < -0.3 is 19.4 Å². The number of nitrogens with zero attached hydrogens (tertiary/aromatic N) is 7. The van der Waals surface area contributed by atoms with E-state index in [0.717, 1.165) is 66.9 Å². The zero-order chi connectivity index (χ0) is 29.5. The Morgan fingerprint density at radius 1 is 1.17 bits per heavy atom. The van der Waals surface area contributed by atoms with Gasteiger partial charge in [-0.25, -0.2) is 14.4 Å². The summed E-state index contributed by atoms with van der Waals surface area (Å²) in [6, 6.07) is 10.5. The number of hydrogen-bond acceptors (Lipinski definition) is 8. The molecule has 4 heterocycles. The smallest absolute Gasteiger partial charge is 0.192 e. The lowest BCUT2D eigenvalue weighted by atomic mass is 10.1. The third-order valence-corrected chi connectivity index (χ3v) is 8.17. The van der Waals surface area contributed by atoms with Crippen molar-refractivity contribution in [3.8, 4) is 17.3 Å². The molecule has 0 aliphatic carbocycles. The van der Waals surface area contributed by atoms with Crippen LogP contribution in [0.1, 0.15) is 43.8 Å². The number of piperazine rings is 1. The summed E-state index contributed by atoms with van der Waals surface area (Å²) in [5.74, 6) is 1.31. The lowest BCUT2D eigenvalue weighted by molar-refractivity contribution is 0.00166. The maximum Gasteiger partial charge on any atom is 0.192 e. The fraction of sp³-hybridized carbons (Fsp3) is 0.387. The quantitative estimate of drug-likeness (QED) is 0.233. The molecule has 0 spiro atoms. The van der Waals surface area contributed by atoms with E-state index < -0.39 is 0 Å². The van der Waals surface area contributed by atoms with Gasteiger partial charge in [0, 0.05) is 45.0 Å². The maximum absolute atomic E-state index is 13.5. The van der Waals surface area contributed by atoms with Gasteiger partial charge in [0.2, 0.25) is 0 Å². The summed E-state index contributed by atoms with van der Waals surface area (Å²) in [4.78, 5) is 16.9. The van der Waals surface area contributed by atoms with E-state index in [0.29, 0.717) is 21.3 Å². The average molecular weight is 574 g/mol. The zero-order valence-electron chi connectivity index (χ0n) is 24.5. The van der Waals surface area contributed by atoms with Crippen molar-refractivity contribution in [3.05, 3.63) is 70.9 Å². The molecule has 0 radical (unpaired) electrons. The first kappa shape index (κ1) is 28.4. The number of thiazole rings is 1. The number of benzene rings is 1. The van der Waals surface area contributed by atoms with Gasteiger partial charge in [-0.3, -0.25) is 4.40 Å². The monoisotopic (exact) mass is 573 g/mol. The number of halogens is 1. The van der Waals surface area contributed by atoms with Crippen molar-refractivity contribution < 1.29 is 9.13 Å². The van der Waals surface area contributed by atoms with Gasteiger partial charge in [0.25, 0.3) is 0 Å². The Hall–Kier alpha value is -4.10. The Kier molecular flexibility index (Phi) is 7.66. The van der Waals surface area contributed by atoms with Crippen molar-refractivity contribution in [1.29, 1.82) is 5.26 Å². The lowest BCUT2D eigenvalue weighted by Gasteiger charge is -2.39. The SMILES string of the molecule is C=C(OC(C)(C)C)N1CCN(c2cc(C)c3nc(CC)c(N(C)c4nc(-c5ccc(F)cc5)c(C#N)s4)n3c2)CC1. The second-order valence-electron chi connectivity index (χ2n) is 11.2. The zero-order valence-corrected chi connectivity index (χ0v) is 25.3. The van der Waals surface area contributed by atoms with Gasteiger partial charge in [0.1, 0.15) is 39.5 Å². The molecule has 0 bridgehead atoms. The maximum atomic E-state index is 13.5. The molecular formula is C31H36FN7OS. The van der Waals surface area contributed by atoms with Gasteiger partial charge in [-0.1, -0.05) is 18.3 Å². The van der Waals surface area contributed by atoms with Crippen LogP contribution in [0.3, 0.4) is 0 Å². The summed E-state index contributed by atoms with van der Waals surface area (Å²) in [6.45, 7) is 17.8. The van der Waals surface area contributed by atoms with Crippen LogP contribution < -0.4 is 9.80 Å². The van der Waals surface area contributed by atoms with Gasteiger partial charge in [0.05, 0.1) is 11.4 Å². The molecule has 3 aromatic heterocycles. The van der Waals surface area contributed by atoms with Crippen LogP contribution in [0.25, 0.3) is 16.9 Å². The lowest BCUT2D eigenvalue weighted by Crippen LogP contribution is -2.46. The van der Waals surface area contributed by atoms with E-state index >= 15 is 0 Å². The van der Waals surface area contributed by atoms with Crippen LogP contribution in [0.2, 0.25) is 0 Å². The molecule has 0 unspecified atom stereocenters. The first-order valence-electron chi connectivity index (χ1n) is 13.8. The third kappa shape index (κ3) is 5.72. The molecule has 0 atom stereocenters. The van der Waals surface area contributed by atoms with Crippen molar-refractivity contribution in [2.24, 2.45) is 0 Å². The van der Waals surface area contributed by atoms with Crippen LogP contribution in [0.4, 0.5) is 21.0 Å². The highest BCUT2D eigenvalue weighted by Crippen LogP contribution is 2.38. The molecule has 4 aromatic rings. The number of ether oxygens (including phenoxy) is 1. The number of aromatic nitrogens is 3. The first-order chi connectivity index (χ1) is 19.5. The number of aryl methyl sites for hydroxylation is 2. The predicted molar refractivity (Wildman–Crippen MR) is 163 cm³/mol. The molecule has 0 saturated carbocycles. The molecule has 5 rings (SSSR count). The van der Waals surface area contributed by atoms with Crippen molar-refractivity contribution in [2.45, 2.75) is 46.6 Å². The molecular weight excluding hydrogens is 537 g/mol. The number of anilines is 3. The minimum absolute atomic E-state index is 0.275. The number of hydrogen-bond donors (Lipinski definition) is 0.